The van der Waals surface area contributed by atoms with E-state index >= 15 is 0 Å². The van der Waals surface area contributed by atoms with Gasteiger partial charge >= 0.3 is 5.97 Å². The molecular formula is C16H24N2O2. The second-order valence-electron chi connectivity index (χ2n) is 5.55. The van der Waals surface area contributed by atoms with E-state index in [1.807, 2.05) is 0 Å². The molecule has 1 aliphatic rings. The molecule has 1 aromatic rings. The molecule has 1 heterocycles. The van der Waals surface area contributed by atoms with Crippen molar-refractivity contribution in [3.05, 3.63) is 29.3 Å². The molecule has 20 heavy (non-hydrogen) atoms. The average molecular weight is 276 g/mol. The molecule has 1 aliphatic heterocycles. The van der Waals surface area contributed by atoms with Gasteiger partial charge in [-0.25, -0.2) is 0 Å². The van der Waals surface area contributed by atoms with Crippen molar-refractivity contribution < 1.29 is 9.90 Å². The molecule has 0 amide bonds. The predicted octanol–water partition coefficient (Wildman–Crippen LogP) is 2.29. The van der Waals surface area contributed by atoms with Gasteiger partial charge in [-0.15, -0.1) is 0 Å². The monoisotopic (exact) mass is 276 g/mol. The zero-order valence-corrected chi connectivity index (χ0v) is 12.4. The Hall–Kier alpha value is -1.55. The first-order valence-corrected chi connectivity index (χ1v) is 7.33. The third kappa shape index (κ3) is 3.73. The highest BCUT2D eigenvalue weighted by molar-refractivity contribution is 5.66. The third-order valence-electron chi connectivity index (χ3n) is 4.15. The number of aryl methyl sites for hydroxylation is 1. The van der Waals surface area contributed by atoms with Crippen molar-refractivity contribution in [1.29, 1.82) is 0 Å². The van der Waals surface area contributed by atoms with E-state index < -0.39 is 5.97 Å². The van der Waals surface area contributed by atoms with Crippen LogP contribution in [0.5, 0.6) is 0 Å². The van der Waals surface area contributed by atoms with Gasteiger partial charge in [-0.2, -0.15) is 0 Å². The minimum atomic E-state index is -0.695. The van der Waals surface area contributed by atoms with Crippen molar-refractivity contribution in [1.82, 2.24) is 4.90 Å². The summed E-state index contributed by atoms with van der Waals surface area (Å²) in [4.78, 5) is 15.3. The minimum absolute atomic E-state index is 0.275. The molecule has 110 valence electrons. The van der Waals surface area contributed by atoms with E-state index in [0.717, 1.165) is 39.1 Å². The molecule has 1 N–H and O–H groups in total. The van der Waals surface area contributed by atoms with Gasteiger partial charge in [-0.1, -0.05) is 12.1 Å². The summed E-state index contributed by atoms with van der Waals surface area (Å²) >= 11 is 0. The summed E-state index contributed by atoms with van der Waals surface area (Å²) in [6.07, 6.45) is 1.02. The quantitative estimate of drug-likeness (QED) is 0.896. The Morgan fingerprint density at radius 3 is 2.55 bits per heavy atom. The summed E-state index contributed by atoms with van der Waals surface area (Å²) < 4.78 is 0. The van der Waals surface area contributed by atoms with Crippen LogP contribution >= 0.6 is 0 Å². The Kier molecular flexibility index (Phi) is 5.01. The minimum Gasteiger partial charge on any atom is -0.481 e. The predicted molar refractivity (Wildman–Crippen MR) is 81.4 cm³/mol. The van der Waals surface area contributed by atoms with Crippen LogP contribution in [0.15, 0.2) is 18.2 Å². The van der Waals surface area contributed by atoms with Crippen LogP contribution in [0.1, 0.15) is 24.0 Å². The zero-order chi connectivity index (χ0) is 14.5. The highest BCUT2D eigenvalue weighted by atomic mass is 16.4. The molecule has 0 spiro atoms. The normalized spacial score (nSPS) is 16.4. The van der Waals surface area contributed by atoms with Crippen molar-refractivity contribution in [2.45, 2.75) is 26.7 Å². The molecule has 0 aliphatic carbocycles. The van der Waals surface area contributed by atoms with Gasteiger partial charge in [0.1, 0.15) is 0 Å². The van der Waals surface area contributed by atoms with Crippen LogP contribution in [-0.4, -0.2) is 48.7 Å². The SMILES string of the molecule is Cc1cccc(N2CCN(CCCC(=O)O)CC2)c1C. The van der Waals surface area contributed by atoms with Gasteiger partial charge in [0.05, 0.1) is 0 Å². The standard InChI is InChI=1S/C16H24N2O2/c1-13-5-3-6-15(14(13)2)18-11-9-17(10-12-18)8-4-7-16(19)20/h3,5-6H,4,7-12H2,1-2H3,(H,19,20). The van der Waals surface area contributed by atoms with E-state index in [1.54, 1.807) is 0 Å². The summed E-state index contributed by atoms with van der Waals surface area (Å²) in [5, 5.41) is 8.66. The molecule has 1 saturated heterocycles. The number of hydrogen-bond donors (Lipinski definition) is 1. The third-order valence-corrected chi connectivity index (χ3v) is 4.15. The van der Waals surface area contributed by atoms with E-state index in [4.69, 9.17) is 5.11 Å². The topological polar surface area (TPSA) is 43.8 Å². The van der Waals surface area contributed by atoms with Crippen molar-refractivity contribution in [3.63, 3.8) is 0 Å². The van der Waals surface area contributed by atoms with E-state index in [-0.39, 0.29) is 6.42 Å². The Morgan fingerprint density at radius 2 is 1.90 bits per heavy atom. The van der Waals surface area contributed by atoms with Crippen LogP contribution in [0.25, 0.3) is 0 Å². The van der Waals surface area contributed by atoms with Crippen molar-refractivity contribution >= 4 is 11.7 Å². The van der Waals surface area contributed by atoms with E-state index in [9.17, 15) is 4.79 Å². The lowest BCUT2D eigenvalue weighted by atomic mass is 10.1. The number of nitrogens with zero attached hydrogens (tertiary/aromatic N) is 2. The van der Waals surface area contributed by atoms with E-state index in [2.05, 4.69) is 41.8 Å². The van der Waals surface area contributed by atoms with Crippen LogP contribution in [0.3, 0.4) is 0 Å². The molecule has 1 fully saturated rings. The van der Waals surface area contributed by atoms with Crippen molar-refractivity contribution in [2.75, 3.05) is 37.6 Å². The van der Waals surface area contributed by atoms with Crippen LogP contribution in [0, 0.1) is 13.8 Å². The number of hydrogen-bond acceptors (Lipinski definition) is 3. The van der Waals surface area contributed by atoms with Gasteiger partial charge in [-0.05, 0) is 44.0 Å². The largest absolute Gasteiger partial charge is 0.481 e. The number of rotatable bonds is 5. The average Bonchev–Trinajstić information content (AvgIpc) is 2.42. The number of anilines is 1. The fourth-order valence-electron chi connectivity index (χ4n) is 2.74. The van der Waals surface area contributed by atoms with Gasteiger partial charge < -0.3 is 10.0 Å². The number of carboxylic acid groups (broad SMARTS) is 1. The van der Waals surface area contributed by atoms with Crippen LogP contribution < -0.4 is 4.90 Å². The fraction of sp³-hybridized carbons (Fsp3) is 0.562. The molecule has 4 heteroatoms. The summed E-state index contributed by atoms with van der Waals surface area (Å²) in [5.74, 6) is -0.695. The highest BCUT2D eigenvalue weighted by Crippen LogP contribution is 2.23. The Balaban J connectivity index is 1.85. The van der Waals surface area contributed by atoms with Crippen LogP contribution in [-0.2, 0) is 4.79 Å². The first kappa shape index (κ1) is 14.9. The second kappa shape index (κ2) is 6.75. The zero-order valence-electron chi connectivity index (χ0n) is 12.4. The summed E-state index contributed by atoms with van der Waals surface area (Å²) in [7, 11) is 0. The first-order chi connectivity index (χ1) is 9.58. The number of carboxylic acids is 1. The molecule has 0 aromatic heterocycles. The summed E-state index contributed by atoms with van der Waals surface area (Å²) in [6.45, 7) is 9.33. The lowest BCUT2D eigenvalue weighted by Crippen LogP contribution is -2.46. The van der Waals surface area contributed by atoms with Crippen molar-refractivity contribution in [2.24, 2.45) is 0 Å². The Labute approximate surface area is 121 Å². The second-order valence-corrected chi connectivity index (χ2v) is 5.55. The van der Waals surface area contributed by atoms with Crippen LogP contribution in [0.2, 0.25) is 0 Å². The summed E-state index contributed by atoms with van der Waals surface area (Å²) in [5.41, 5.74) is 4.05. The molecule has 1 aromatic carbocycles. The van der Waals surface area contributed by atoms with Crippen LogP contribution in [0.4, 0.5) is 5.69 Å². The molecule has 0 unspecified atom stereocenters. The smallest absolute Gasteiger partial charge is 0.303 e. The van der Waals surface area contributed by atoms with Gasteiger partial charge in [0.15, 0.2) is 0 Å². The number of carbonyl (C=O) groups is 1. The fourth-order valence-corrected chi connectivity index (χ4v) is 2.74. The number of benzene rings is 1. The van der Waals surface area contributed by atoms with Crippen molar-refractivity contribution in [3.8, 4) is 0 Å². The molecule has 0 atom stereocenters. The molecular weight excluding hydrogens is 252 g/mol. The molecule has 0 bridgehead atoms. The maximum absolute atomic E-state index is 10.5. The molecule has 4 nitrogen and oxygen atoms in total. The maximum Gasteiger partial charge on any atom is 0.303 e. The lowest BCUT2D eigenvalue weighted by Gasteiger charge is -2.37. The van der Waals surface area contributed by atoms with Gasteiger partial charge in [0.25, 0.3) is 0 Å². The van der Waals surface area contributed by atoms with Gasteiger partial charge in [-0.3, -0.25) is 9.69 Å². The Morgan fingerprint density at radius 1 is 1.20 bits per heavy atom. The highest BCUT2D eigenvalue weighted by Gasteiger charge is 2.18. The van der Waals surface area contributed by atoms with Gasteiger partial charge in [0.2, 0.25) is 0 Å². The molecule has 0 radical (unpaired) electrons. The van der Waals surface area contributed by atoms with Gasteiger partial charge in [0, 0.05) is 38.3 Å². The lowest BCUT2D eigenvalue weighted by molar-refractivity contribution is -0.137. The first-order valence-electron chi connectivity index (χ1n) is 7.33. The molecule has 2 rings (SSSR count). The Bertz CT molecular complexity index is 466. The number of aliphatic carboxylic acids is 1. The van der Waals surface area contributed by atoms with E-state index in [1.165, 1.54) is 16.8 Å². The van der Waals surface area contributed by atoms with E-state index in [0.29, 0.717) is 0 Å². The maximum atomic E-state index is 10.5. The number of piperazine rings is 1. The summed E-state index contributed by atoms with van der Waals surface area (Å²) in [6, 6.07) is 6.47. The molecule has 0 saturated carbocycles.